The van der Waals surface area contributed by atoms with E-state index < -0.39 is 0 Å². The van der Waals surface area contributed by atoms with Crippen LogP contribution in [0.15, 0.2) is 6.07 Å². The first-order valence-corrected chi connectivity index (χ1v) is 4.70. The van der Waals surface area contributed by atoms with E-state index in [1.165, 1.54) is 5.56 Å². The molecule has 1 atom stereocenters. The van der Waals surface area contributed by atoms with Gasteiger partial charge in [0, 0.05) is 11.4 Å². The highest BCUT2D eigenvalue weighted by Crippen LogP contribution is 2.19. The Balaban J connectivity index is 2.21. The van der Waals surface area contributed by atoms with E-state index in [1.807, 2.05) is 13.8 Å². The van der Waals surface area contributed by atoms with Gasteiger partial charge in [-0.1, -0.05) is 0 Å². The number of carbonyl (C=O) groups excluding carboxylic acids is 1. The Morgan fingerprint density at radius 3 is 2.86 bits per heavy atom. The number of ether oxygens (including phenoxy) is 1. The number of morpholine rings is 1. The number of H-pyrrole nitrogens is 1. The number of aromatic nitrogens is 1. The molecular formula is C10H14N2O2. The normalized spacial score (nSPS) is 22.1. The summed E-state index contributed by atoms with van der Waals surface area (Å²) in [7, 11) is 0. The second-order valence-corrected chi connectivity index (χ2v) is 3.68. The maximum atomic E-state index is 11.1. The van der Waals surface area contributed by atoms with E-state index in [4.69, 9.17) is 4.74 Å². The summed E-state index contributed by atoms with van der Waals surface area (Å²) in [5.74, 6) is -0.0482. The van der Waals surface area contributed by atoms with Gasteiger partial charge in [-0.15, -0.1) is 0 Å². The monoisotopic (exact) mass is 194 g/mol. The van der Waals surface area contributed by atoms with Crippen molar-refractivity contribution in [3.8, 4) is 0 Å². The molecule has 2 N–H and O–H groups in total. The summed E-state index contributed by atoms with van der Waals surface area (Å²) >= 11 is 0. The fraction of sp³-hybridized carbons (Fsp3) is 0.500. The molecule has 0 spiro atoms. The number of nitrogens with one attached hydrogen (secondary N) is 2. The molecule has 1 aromatic rings. The molecule has 1 aliphatic rings. The SMILES string of the molecule is Cc1cc(C)c([C@H]2COCC(=O)N2)[nH]1. The summed E-state index contributed by atoms with van der Waals surface area (Å²) < 4.78 is 5.18. The Labute approximate surface area is 82.6 Å². The molecule has 0 saturated carbocycles. The third-order valence-electron chi connectivity index (χ3n) is 2.39. The molecule has 76 valence electrons. The summed E-state index contributed by atoms with van der Waals surface area (Å²) in [5.41, 5.74) is 3.33. The van der Waals surface area contributed by atoms with Crippen LogP contribution in [0.1, 0.15) is 23.0 Å². The van der Waals surface area contributed by atoms with Crippen LogP contribution in [0.4, 0.5) is 0 Å². The van der Waals surface area contributed by atoms with Crippen LogP contribution in [0.5, 0.6) is 0 Å². The third-order valence-corrected chi connectivity index (χ3v) is 2.39. The van der Waals surface area contributed by atoms with Gasteiger partial charge in [-0.25, -0.2) is 0 Å². The molecule has 0 radical (unpaired) electrons. The first kappa shape index (κ1) is 9.27. The standard InChI is InChI=1S/C10H14N2O2/c1-6-3-7(2)11-10(6)8-4-14-5-9(13)12-8/h3,8,11H,4-5H2,1-2H3,(H,12,13)/t8-/m1/s1. The maximum absolute atomic E-state index is 11.1. The summed E-state index contributed by atoms with van der Waals surface area (Å²) in [4.78, 5) is 14.4. The molecule has 2 rings (SSSR count). The molecule has 1 aliphatic heterocycles. The Bertz CT molecular complexity index is 357. The van der Waals surface area contributed by atoms with Gasteiger partial charge < -0.3 is 15.0 Å². The van der Waals surface area contributed by atoms with Crippen molar-refractivity contribution in [3.05, 3.63) is 23.0 Å². The van der Waals surface area contributed by atoms with Crippen molar-refractivity contribution in [1.82, 2.24) is 10.3 Å². The number of hydrogen-bond donors (Lipinski definition) is 2. The summed E-state index contributed by atoms with van der Waals surface area (Å²) in [6.07, 6.45) is 0. The zero-order valence-corrected chi connectivity index (χ0v) is 8.39. The molecule has 1 fully saturated rings. The van der Waals surface area contributed by atoms with Crippen molar-refractivity contribution in [2.24, 2.45) is 0 Å². The third kappa shape index (κ3) is 1.65. The topological polar surface area (TPSA) is 54.1 Å². The number of rotatable bonds is 1. The van der Waals surface area contributed by atoms with Crippen molar-refractivity contribution in [3.63, 3.8) is 0 Å². The van der Waals surface area contributed by atoms with Crippen LogP contribution >= 0.6 is 0 Å². The van der Waals surface area contributed by atoms with Crippen molar-refractivity contribution in [2.45, 2.75) is 19.9 Å². The van der Waals surface area contributed by atoms with Crippen molar-refractivity contribution in [1.29, 1.82) is 0 Å². The second kappa shape index (κ2) is 3.46. The highest BCUT2D eigenvalue weighted by atomic mass is 16.5. The number of hydrogen-bond acceptors (Lipinski definition) is 2. The van der Waals surface area contributed by atoms with E-state index in [-0.39, 0.29) is 18.6 Å². The molecule has 4 nitrogen and oxygen atoms in total. The first-order valence-electron chi connectivity index (χ1n) is 4.70. The highest BCUT2D eigenvalue weighted by Gasteiger charge is 2.22. The van der Waals surface area contributed by atoms with Crippen LogP contribution in [-0.2, 0) is 9.53 Å². The fourth-order valence-electron chi connectivity index (χ4n) is 1.81. The van der Waals surface area contributed by atoms with Gasteiger partial charge in [-0.3, -0.25) is 4.79 Å². The summed E-state index contributed by atoms with van der Waals surface area (Å²) in [6.45, 7) is 4.75. The lowest BCUT2D eigenvalue weighted by Gasteiger charge is -2.23. The van der Waals surface area contributed by atoms with Gasteiger partial charge in [0.15, 0.2) is 0 Å². The van der Waals surface area contributed by atoms with E-state index in [2.05, 4.69) is 16.4 Å². The van der Waals surface area contributed by atoms with Gasteiger partial charge in [0.2, 0.25) is 5.91 Å². The molecular weight excluding hydrogens is 180 g/mol. The quantitative estimate of drug-likeness (QED) is 0.695. The zero-order chi connectivity index (χ0) is 10.1. The van der Waals surface area contributed by atoms with Crippen LogP contribution in [0.2, 0.25) is 0 Å². The molecule has 0 aromatic carbocycles. The van der Waals surface area contributed by atoms with Crippen LogP contribution in [0.3, 0.4) is 0 Å². The molecule has 2 heterocycles. The van der Waals surface area contributed by atoms with Gasteiger partial charge in [-0.2, -0.15) is 0 Å². The number of carbonyl (C=O) groups is 1. The Hall–Kier alpha value is -1.29. The zero-order valence-electron chi connectivity index (χ0n) is 8.39. The Morgan fingerprint density at radius 1 is 1.50 bits per heavy atom. The number of amides is 1. The molecule has 0 bridgehead atoms. The van der Waals surface area contributed by atoms with E-state index in [1.54, 1.807) is 0 Å². The lowest BCUT2D eigenvalue weighted by atomic mass is 10.1. The predicted octanol–water partition coefficient (Wildman–Crippen LogP) is 0.819. The fourth-order valence-corrected chi connectivity index (χ4v) is 1.81. The van der Waals surface area contributed by atoms with Crippen LogP contribution < -0.4 is 5.32 Å². The van der Waals surface area contributed by atoms with E-state index in [0.717, 1.165) is 11.4 Å². The molecule has 0 aliphatic carbocycles. The summed E-state index contributed by atoms with van der Waals surface area (Å²) in [6, 6.07) is 2.04. The molecule has 0 unspecified atom stereocenters. The molecule has 1 saturated heterocycles. The van der Waals surface area contributed by atoms with Crippen LogP contribution in [0, 0.1) is 13.8 Å². The maximum Gasteiger partial charge on any atom is 0.246 e. The smallest absolute Gasteiger partial charge is 0.246 e. The molecule has 1 amide bonds. The molecule has 14 heavy (non-hydrogen) atoms. The second-order valence-electron chi connectivity index (χ2n) is 3.68. The Morgan fingerprint density at radius 2 is 2.29 bits per heavy atom. The van der Waals surface area contributed by atoms with Gasteiger partial charge in [0.05, 0.1) is 12.6 Å². The van der Waals surface area contributed by atoms with E-state index in [9.17, 15) is 4.79 Å². The first-order chi connectivity index (χ1) is 6.66. The van der Waals surface area contributed by atoms with Crippen molar-refractivity contribution >= 4 is 5.91 Å². The van der Waals surface area contributed by atoms with E-state index >= 15 is 0 Å². The number of aromatic amines is 1. The summed E-state index contributed by atoms with van der Waals surface area (Å²) in [5, 5.41) is 2.89. The lowest BCUT2D eigenvalue weighted by Crippen LogP contribution is -2.40. The van der Waals surface area contributed by atoms with Crippen molar-refractivity contribution in [2.75, 3.05) is 13.2 Å². The van der Waals surface area contributed by atoms with Gasteiger partial charge in [0.25, 0.3) is 0 Å². The van der Waals surface area contributed by atoms with Crippen molar-refractivity contribution < 1.29 is 9.53 Å². The van der Waals surface area contributed by atoms with Gasteiger partial charge in [-0.05, 0) is 25.5 Å². The van der Waals surface area contributed by atoms with Crippen LogP contribution in [0.25, 0.3) is 0 Å². The predicted molar refractivity (Wildman–Crippen MR) is 52.0 cm³/mol. The minimum absolute atomic E-state index is 0.0232. The lowest BCUT2D eigenvalue weighted by molar-refractivity contribution is -0.131. The van der Waals surface area contributed by atoms with Crippen LogP contribution in [-0.4, -0.2) is 24.1 Å². The molecule has 4 heteroatoms. The minimum atomic E-state index is -0.0482. The average molecular weight is 194 g/mol. The molecule has 1 aromatic heterocycles. The largest absolute Gasteiger partial charge is 0.369 e. The average Bonchev–Trinajstić information content (AvgIpc) is 2.45. The number of aryl methyl sites for hydroxylation is 2. The van der Waals surface area contributed by atoms with Gasteiger partial charge >= 0.3 is 0 Å². The van der Waals surface area contributed by atoms with Gasteiger partial charge in [0.1, 0.15) is 6.61 Å². The van der Waals surface area contributed by atoms with E-state index in [0.29, 0.717) is 6.61 Å². The highest BCUT2D eigenvalue weighted by molar-refractivity contribution is 5.78. The minimum Gasteiger partial charge on any atom is -0.369 e. The Kier molecular flexibility index (Phi) is 2.29.